The molecule has 1 fully saturated rings. The van der Waals surface area contributed by atoms with Crippen molar-refractivity contribution in [3.63, 3.8) is 0 Å². The Morgan fingerprint density at radius 1 is 1.50 bits per heavy atom. The summed E-state index contributed by atoms with van der Waals surface area (Å²) < 4.78 is 10.5. The van der Waals surface area contributed by atoms with Crippen LogP contribution in [0.2, 0.25) is 0 Å². The Balaban J connectivity index is 2.30. The lowest BCUT2D eigenvalue weighted by Crippen LogP contribution is -2.43. The van der Waals surface area contributed by atoms with Crippen molar-refractivity contribution in [3.05, 3.63) is 0 Å². The molecule has 1 saturated heterocycles. The predicted molar refractivity (Wildman–Crippen MR) is 53.5 cm³/mol. The maximum absolute atomic E-state index is 11.4. The van der Waals surface area contributed by atoms with E-state index in [0.29, 0.717) is 32.3 Å². The summed E-state index contributed by atoms with van der Waals surface area (Å²) in [6, 6.07) is -0.0457. The molecule has 82 valence electrons. The third-order valence-electron chi connectivity index (χ3n) is 2.04. The molecule has 1 aliphatic heterocycles. The molecule has 1 unspecified atom stereocenters. The summed E-state index contributed by atoms with van der Waals surface area (Å²) in [5.41, 5.74) is 0. The van der Waals surface area contributed by atoms with Gasteiger partial charge in [0.25, 0.3) is 0 Å². The molecular formula is C9H16ClNO3. The predicted octanol–water partition coefficient (Wildman–Crippen LogP) is 0.393. The minimum absolute atomic E-state index is 0.0425. The van der Waals surface area contributed by atoms with Crippen molar-refractivity contribution in [3.8, 4) is 0 Å². The fourth-order valence-corrected chi connectivity index (χ4v) is 1.25. The van der Waals surface area contributed by atoms with Crippen LogP contribution in [0.25, 0.3) is 0 Å². The van der Waals surface area contributed by atoms with Gasteiger partial charge in [0.2, 0.25) is 5.91 Å². The van der Waals surface area contributed by atoms with E-state index < -0.39 is 0 Å². The number of carbonyl (C=O) groups excluding carboxylic acids is 1. The van der Waals surface area contributed by atoms with Crippen molar-refractivity contribution in [2.24, 2.45) is 5.92 Å². The second-order valence-electron chi connectivity index (χ2n) is 3.41. The van der Waals surface area contributed by atoms with Crippen LogP contribution in [-0.2, 0) is 14.3 Å². The Hall–Kier alpha value is -0.320. The molecule has 0 aromatic rings. The fraction of sp³-hybridized carbons (Fsp3) is 0.889. The van der Waals surface area contributed by atoms with Crippen LogP contribution in [0.15, 0.2) is 0 Å². The van der Waals surface area contributed by atoms with Gasteiger partial charge in [-0.05, 0) is 0 Å². The van der Waals surface area contributed by atoms with Gasteiger partial charge in [0.1, 0.15) is 0 Å². The van der Waals surface area contributed by atoms with Crippen LogP contribution >= 0.6 is 11.6 Å². The number of ether oxygens (including phenoxy) is 2. The minimum atomic E-state index is -0.167. The summed E-state index contributed by atoms with van der Waals surface area (Å²) >= 11 is 5.57. The van der Waals surface area contributed by atoms with E-state index in [1.54, 1.807) is 6.92 Å². The zero-order valence-corrected chi connectivity index (χ0v) is 9.05. The molecule has 0 aromatic carbocycles. The van der Waals surface area contributed by atoms with Gasteiger partial charge in [-0.25, -0.2) is 0 Å². The molecule has 1 amide bonds. The second kappa shape index (κ2) is 6.22. The maximum Gasteiger partial charge on any atom is 0.224 e. The van der Waals surface area contributed by atoms with Gasteiger partial charge in [-0.1, -0.05) is 6.92 Å². The number of hydrogen-bond donors (Lipinski definition) is 1. The van der Waals surface area contributed by atoms with Crippen LogP contribution in [0.1, 0.15) is 6.92 Å². The third kappa shape index (κ3) is 3.82. The Morgan fingerprint density at radius 3 is 2.57 bits per heavy atom. The van der Waals surface area contributed by atoms with E-state index in [0.717, 1.165) is 0 Å². The lowest BCUT2D eigenvalue weighted by Gasteiger charge is -2.17. The Kier molecular flexibility index (Phi) is 5.22. The first-order chi connectivity index (χ1) is 6.74. The molecule has 1 aliphatic rings. The number of hydrogen-bond acceptors (Lipinski definition) is 3. The first-order valence-corrected chi connectivity index (χ1v) is 5.29. The molecule has 0 aliphatic carbocycles. The molecule has 14 heavy (non-hydrogen) atoms. The van der Waals surface area contributed by atoms with Gasteiger partial charge in [-0.3, -0.25) is 4.79 Å². The van der Waals surface area contributed by atoms with Crippen LogP contribution in [0.3, 0.4) is 0 Å². The van der Waals surface area contributed by atoms with Crippen LogP contribution < -0.4 is 5.32 Å². The topological polar surface area (TPSA) is 47.6 Å². The first-order valence-electron chi connectivity index (χ1n) is 4.76. The average molecular weight is 222 g/mol. The van der Waals surface area contributed by atoms with Gasteiger partial charge in [0.15, 0.2) is 0 Å². The van der Waals surface area contributed by atoms with Crippen molar-refractivity contribution in [2.75, 3.05) is 32.3 Å². The normalized spacial score (nSPS) is 21.3. The van der Waals surface area contributed by atoms with E-state index in [2.05, 4.69) is 5.32 Å². The first kappa shape index (κ1) is 11.8. The number of halogens is 1. The molecule has 5 heteroatoms. The van der Waals surface area contributed by atoms with E-state index in [-0.39, 0.29) is 17.9 Å². The highest BCUT2D eigenvalue weighted by molar-refractivity contribution is 6.19. The monoisotopic (exact) mass is 221 g/mol. The number of amides is 1. The van der Waals surface area contributed by atoms with E-state index in [4.69, 9.17) is 21.1 Å². The number of nitrogens with one attached hydrogen (secondary N) is 1. The van der Waals surface area contributed by atoms with Crippen LogP contribution in [-0.4, -0.2) is 44.3 Å². The van der Waals surface area contributed by atoms with Crippen molar-refractivity contribution in [1.82, 2.24) is 5.32 Å². The zero-order chi connectivity index (χ0) is 10.4. The SMILES string of the molecule is CC(CCl)C(=O)NC1COCCOC1. The lowest BCUT2D eigenvalue weighted by molar-refractivity contribution is -0.125. The lowest BCUT2D eigenvalue weighted by atomic mass is 10.2. The standard InChI is InChI=1S/C9H16ClNO3/c1-7(4-10)9(12)11-8-5-13-2-3-14-6-8/h7-8H,2-6H2,1H3,(H,11,12). The van der Waals surface area contributed by atoms with Gasteiger partial charge in [-0.2, -0.15) is 0 Å². The zero-order valence-electron chi connectivity index (χ0n) is 8.29. The van der Waals surface area contributed by atoms with Gasteiger partial charge in [-0.15, -0.1) is 11.6 Å². The summed E-state index contributed by atoms with van der Waals surface area (Å²) in [4.78, 5) is 11.4. The largest absolute Gasteiger partial charge is 0.377 e. The van der Waals surface area contributed by atoms with Crippen molar-refractivity contribution in [1.29, 1.82) is 0 Å². The maximum atomic E-state index is 11.4. The number of rotatable bonds is 3. The minimum Gasteiger partial charge on any atom is -0.377 e. The van der Waals surface area contributed by atoms with E-state index >= 15 is 0 Å². The highest BCUT2D eigenvalue weighted by atomic mass is 35.5. The third-order valence-corrected chi connectivity index (χ3v) is 2.50. The van der Waals surface area contributed by atoms with Crippen molar-refractivity contribution >= 4 is 17.5 Å². The molecule has 1 atom stereocenters. The van der Waals surface area contributed by atoms with E-state index in [1.807, 2.05) is 0 Å². The highest BCUT2D eigenvalue weighted by Gasteiger charge is 2.18. The Morgan fingerprint density at radius 2 is 2.07 bits per heavy atom. The molecule has 0 spiro atoms. The number of alkyl halides is 1. The molecule has 4 nitrogen and oxygen atoms in total. The summed E-state index contributed by atoms with van der Waals surface area (Å²) in [6.07, 6.45) is 0. The van der Waals surface area contributed by atoms with Gasteiger partial charge < -0.3 is 14.8 Å². The summed E-state index contributed by atoms with van der Waals surface area (Å²) in [5.74, 6) is 0.124. The smallest absolute Gasteiger partial charge is 0.224 e. The Bertz CT molecular complexity index is 181. The highest BCUT2D eigenvalue weighted by Crippen LogP contribution is 2.01. The second-order valence-corrected chi connectivity index (χ2v) is 3.72. The summed E-state index contributed by atoms with van der Waals surface area (Å²) in [5, 5.41) is 2.84. The quantitative estimate of drug-likeness (QED) is 0.702. The van der Waals surface area contributed by atoms with Crippen LogP contribution in [0, 0.1) is 5.92 Å². The number of carbonyl (C=O) groups is 1. The molecular weight excluding hydrogens is 206 g/mol. The molecule has 0 saturated carbocycles. The molecule has 1 heterocycles. The van der Waals surface area contributed by atoms with Gasteiger partial charge in [0.05, 0.1) is 32.5 Å². The summed E-state index contributed by atoms with van der Waals surface area (Å²) in [7, 11) is 0. The molecule has 0 radical (unpaired) electrons. The van der Waals surface area contributed by atoms with Crippen LogP contribution in [0.5, 0.6) is 0 Å². The van der Waals surface area contributed by atoms with Gasteiger partial charge >= 0.3 is 0 Å². The molecule has 1 N–H and O–H groups in total. The average Bonchev–Trinajstić information content (AvgIpc) is 2.45. The molecule has 0 bridgehead atoms. The van der Waals surface area contributed by atoms with E-state index in [1.165, 1.54) is 0 Å². The van der Waals surface area contributed by atoms with E-state index in [9.17, 15) is 4.79 Å². The summed E-state index contributed by atoms with van der Waals surface area (Å²) in [6.45, 7) is 4.01. The Labute approximate surface area is 88.9 Å². The molecule has 0 aromatic heterocycles. The molecule has 1 rings (SSSR count). The van der Waals surface area contributed by atoms with Crippen molar-refractivity contribution in [2.45, 2.75) is 13.0 Å². The van der Waals surface area contributed by atoms with Gasteiger partial charge in [0, 0.05) is 11.8 Å². The van der Waals surface area contributed by atoms with Crippen molar-refractivity contribution < 1.29 is 14.3 Å². The fourth-order valence-electron chi connectivity index (χ4n) is 1.11. The van der Waals surface area contributed by atoms with Crippen LogP contribution in [0.4, 0.5) is 0 Å².